The summed E-state index contributed by atoms with van der Waals surface area (Å²) in [7, 11) is 2.64. The van der Waals surface area contributed by atoms with Crippen LogP contribution in [-0.4, -0.2) is 26.2 Å². The zero-order chi connectivity index (χ0) is 12.8. The van der Waals surface area contributed by atoms with Crippen LogP contribution in [0.1, 0.15) is 22.3 Å². The molecule has 0 aliphatic carbocycles. The van der Waals surface area contributed by atoms with Crippen molar-refractivity contribution in [1.29, 1.82) is 0 Å². The molecule has 0 atom stereocenters. The largest absolute Gasteiger partial charge is 0.469 e. The molecule has 5 nitrogen and oxygen atoms in total. The van der Waals surface area contributed by atoms with Gasteiger partial charge >= 0.3 is 11.9 Å². The zero-order valence-corrected chi connectivity index (χ0v) is 9.86. The third-order valence-electron chi connectivity index (χ3n) is 2.39. The Labute approximate surface area is 99.5 Å². The van der Waals surface area contributed by atoms with Crippen LogP contribution in [0.15, 0.2) is 18.2 Å². The van der Waals surface area contributed by atoms with Gasteiger partial charge in [0.2, 0.25) is 0 Å². The third kappa shape index (κ3) is 3.48. The first-order valence-corrected chi connectivity index (χ1v) is 5.12. The molecule has 1 aromatic carbocycles. The van der Waals surface area contributed by atoms with Gasteiger partial charge in [0.15, 0.2) is 0 Å². The molecule has 2 N–H and O–H groups in total. The summed E-state index contributed by atoms with van der Waals surface area (Å²) in [5, 5.41) is 0. The predicted molar refractivity (Wildman–Crippen MR) is 62.5 cm³/mol. The topological polar surface area (TPSA) is 78.6 Å². The van der Waals surface area contributed by atoms with Gasteiger partial charge in [0.05, 0.1) is 19.8 Å². The van der Waals surface area contributed by atoms with Crippen LogP contribution in [0.25, 0.3) is 0 Å². The van der Waals surface area contributed by atoms with Gasteiger partial charge in [-0.05, 0) is 30.2 Å². The number of nitrogens with two attached hydrogens (primary N) is 1. The van der Waals surface area contributed by atoms with Crippen molar-refractivity contribution in [3.05, 3.63) is 29.3 Å². The van der Waals surface area contributed by atoms with E-state index in [1.54, 1.807) is 18.2 Å². The maximum Gasteiger partial charge on any atom is 0.337 e. The molecule has 0 aliphatic rings. The van der Waals surface area contributed by atoms with Crippen LogP contribution < -0.4 is 5.73 Å². The molecule has 5 heteroatoms. The van der Waals surface area contributed by atoms with E-state index < -0.39 is 5.97 Å². The number of anilines is 1. The zero-order valence-electron chi connectivity index (χ0n) is 9.86. The average molecular weight is 237 g/mol. The van der Waals surface area contributed by atoms with Crippen LogP contribution in [-0.2, 0) is 20.7 Å². The molecule has 0 heterocycles. The lowest BCUT2D eigenvalue weighted by Crippen LogP contribution is -2.06. The van der Waals surface area contributed by atoms with Crippen LogP contribution in [0.2, 0.25) is 0 Å². The van der Waals surface area contributed by atoms with Crippen LogP contribution in [0, 0.1) is 0 Å². The van der Waals surface area contributed by atoms with Crippen molar-refractivity contribution < 1.29 is 19.1 Å². The highest BCUT2D eigenvalue weighted by atomic mass is 16.5. The van der Waals surface area contributed by atoms with E-state index in [1.165, 1.54) is 14.2 Å². The van der Waals surface area contributed by atoms with Gasteiger partial charge in [-0.2, -0.15) is 0 Å². The van der Waals surface area contributed by atoms with Crippen molar-refractivity contribution in [2.75, 3.05) is 20.0 Å². The van der Waals surface area contributed by atoms with Crippen LogP contribution in [0.5, 0.6) is 0 Å². The summed E-state index contributed by atoms with van der Waals surface area (Å²) in [6.07, 6.45) is 0.661. The fourth-order valence-corrected chi connectivity index (χ4v) is 1.41. The molecule has 0 spiro atoms. The number of methoxy groups -OCH3 is 2. The highest BCUT2D eigenvalue weighted by Crippen LogP contribution is 2.17. The maximum atomic E-state index is 11.3. The predicted octanol–water partition coefficient (Wildman–Crippen LogP) is 1.16. The second-order valence-electron chi connectivity index (χ2n) is 3.48. The highest BCUT2D eigenvalue weighted by molar-refractivity contribution is 5.90. The number of carbonyl (C=O) groups excluding carboxylic acids is 2. The minimum absolute atomic E-state index is 0.228. The Balaban J connectivity index is 2.83. The Morgan fingerprint density at radius 1 is 1.24 bits per heavy atom. The number of carbonyl (C=O) groups is 2. The number of ether oxygens (including phenoxy) is 2. The molecule has 0 radical (unpaired) electrons. The fourth-order valence-electron chi connectivity index (χ4n) is 1.41. The molecule has 0 unspecified atom stereocenters. The van der Waals surface area contributed by atoms with E-state index in [-0.39, 0.29) is 12.4 Å². The quantitative estimate of drug-likeness (QED) is 0.628. The number of aryl methyl sites for hydroxylation is 1. The molecule has 0 bridgehead atoms. The minimum Gasteiger partial charge on any atom is -0.469 e. The van der Waals surface area contributed by atoms with E-state index in [2.05, 4.69) is 9.47 Å². The molecular formula is C12H15NO4. The summed E-state index contributed by atoms with van der Waals surface area (Å²) in [6.45, 7) is 0. The highest BCUT2D eigenvalue weighted by Gasteiger charge is 2.10. The standard InChI is InChI=1S/C12H15NO4/c1-16-11(14)6-4-8-7-9(12(15)17-2)3-5-10(8)13/h3,5,7H,4,6,13H2,1-2H3. The Bertz CT molecular complexity index is 429. The van der Waals surface area contributed by atoms with Gasteiger partial charge in [-0.3, -0.25) is 4.79 Å². The van der Waals surface area contributed by atoms with Gasteiger partial charge in [-0.1, -0.05) is 0 Å². The molecule has 1 aromatic rings. The van der Waals surface area contributed by atoms with Crippen molar-refractivity contribution in [1.82, 2.24) is 0 Å². The number of hydrogen-bond donors (Lipinski definition) is 1. The molecule has 0 aromatic heterocycles. The summed E-state index contributed by atoms with van der Waals surface area (Å²) >= 11 is 0. The van der Waals surface area contributed by atoms with Crippen LogP contribution in [0.4, 0.5) is 5.69 Å². The Morgan fingerprint density at radius 3 is 2.53 bits per heavy atom. The molecule has 0 fully saturated rings. The normalized spacial score (nSPS) is 9.76. The molecule has 17 heavy (non-hydrogen) atoms. The van der Waals surface area contributed by atoms with Crippen LogP contribution >= 0.6 is 0 Å². The second-order valence-corrected chi connectivity index (χ2v) is 3.48. The first-order chi connectivity index (χ1) is 8.08. The molecule has 0 aliphatic heterocycles. The Morgan fingerprint density at radius 2 is 1.94 bits per heavy atom. The number of rotatable bonds is 4. The lowest BCUT2D eigenvalue weighted by molar-refractivity contribution is -0.140. The van der Waals surface area contributed by atoms with Gasteiger partial charge in [0.25, 0.3) is 0 Å². The van der Waals surface area contributed by atoms with Crippen molar-refractivity contribution in [3.8, 4) is 0 Å². The van der Waals surface area contributed by atoms with Gasteiger partial charge < -0.3 is 15.2 Å². The van der Waals surface area contributed by atoms with E-state index in [4.69, 9.17) is 5.73 Å². The lowest BCUT2D eigenvalue weighted by Gasteiger charge is -2.07. The van der Waals surface area contributed by atoms with E-state index in [0.29, 0.717) is 17.7 Å². The summed E-state index contributed by atoms with van der Waals surface area (Å²) in [5.74, 6) is -0.739. The first kappa shape index (κ1) is 13.0. The van der Waals surface area contributed by atoms with Gasteiger partial charge in [-0.15, -0.1) is 0 Å². The third-order valence-corrected chi connectivity index (χ3v) is 2.39. The first-order valence-electron chi connectivity index (χ1n) is 5.12. The molecular weight excluding hydrogens is 222 g/mol. The van der Waals surface area contributed by atoms with E-state index in [9.17, 15) is 9.59 Å². The van der Waals surface area contributed by atoms with E-state index in [0.717, 1.165) is 5.56 Å². The molecule has 92 valence electrons. The summed E-state index contributed by atoms with van der Waals surface area (Å²) in [5.41, 5.74) is 7.45. The minimum atomic E-state index is -0.427. The number of esters is 2. The number of benzene rings is 1. The molecule has 0 saturated carbocycles. The fraction of sp³-hybridized carbons (Fsp3) is 0.333. The van der Waals surface area contributed by atoms with Gasteiger partial charge in [-0.25, -0.2) is 4.79 Å². The lowest BCUT2D eigenvalue weighted by atomic mass is 10.0. The van der Waals surface area contributed by atoms with E-state index in [1.807, 2.05) is 0 Å². The SMILES string of the molecule is COC(=O)CCc1cc(C(=O)OC)ccc1N. The summed E-state index contributed by atoms with van der Waals surface area (Å²) in [6, 6.07) is 4.84. The Hall–Kier alpha value is -2.04. The van der Waals surface area contributed by atoms with Crippen molar-refractivity contribution in [2.45, 2.75) is 12.8 Å². The van der Waals surface area contributed by atoms with E-state index >= 15 is 0 Å². The second kappa shape index (κ2) is 5.89. The van der Waals surface area contributed by atoms with Gasteiger partial charge in [0, 0.05) is 12.1 Å². The van der Waals surface area contributed by atoms with Crippen molar-refractivity contribution >= 4 is 17.6 Å². The monoisotopic (exact) mass is 237 g/mol. The maximum absolute atomic E-state index is 11.3. The average Bonchev–Trinajstić information content (AvgIpc) is 2.36. The van der Waals surface area contributed by atoms with Gasteiger partial charge in [0.1, 0.15) is 0 Å². The smallest absolute Gasteiger partial charge is 0.337 e. The number of hydrogen-bond acceptors (Lipinski definition) is 5. The summed E-state index contributed by atoms with van der Waals surface area (Å²) in [4.78, 5) is 22.3. The Kier molecular flexibility index (Phi) is 4.51. The molecule has 0 amide bonds. The number of nitrogen functional groups attached to an aromatic ring is 1. The molecule has 0 saturated heterocycles. The van der Waals surface area contributed by atoms with Crippen LogP contribution in [0.3, 0.4) is 0 Å². The van der Waals surface area contributed by atoms with Crippen molar-refractivity contribution in [2.24, 2.45) is 0 Å². The van der Waals surface area contributed by atoms with Crippen molar-refractivity contribution in [3.63, 3.8) is 0 Å². The molecule has 1 rings (SSSR count). The summed E-state index contributed by atoms with van der Waals surface area (Å²) < 4.78 is 9.15.